The molecule has 0 amide bonds. The lowest BCUT2D eigenvalue weighted by Crippen LogP contribution is -2.22. The maximum atomic E-state index is 11.5. The van der Waals surface area contributed by atoms with E-state index in [1.54, 1.807) is 6.92 Å². The Morgan fingerprint density at radius 1 is 1.47 bits per heavy atom. The molecule has 1 aliphatic heterocycles. The highest BCUT2D eigenvalue weighted by Crippen LogP contribution is 2.18. The first-order chi connectivity index (χ1) is 8.92. The Bertz CT molecular complexity index is 411. The predicted octanol–water partition coefficient (Wildman–Crippen LogP) is 1.26. The lowest BCUT2D eigenvalue weighted by molar-refractivity contribution is -0.161. The van der Waals surface area contributed by atoms with E-state index in [1.165, 1.54) is 0 Å². The van der Waals surface area contributed by atoms with Crippen LogP contribution in [0.4, 0.5) is 0 Å². The smallest absolute Gasteiger partial charge is 0.347 e. The van der Waals surface area contributed by atoms with Gasteiger partial charge in [-0.1, -0.05) is 13.2 Å². The number of rotatable bonds is 6. The van der Waals surface area contributed by atoms with E-state index in [4.69, 9.17) is 14.2 Å². The van der Waals surface area contributed by atoms with Crippen LogP contribution >= 0.6 is 0 Å². The number of cyclic esters (lactones) is 1. The second-order valence-electron chi connectivity index (χ2n) is 4.13. The number of hydrogen-bond donors (Lipinski definition) is 0. The van der Waals surface area contributed by atoms with Gasteiger partial charge in [0.15, 0.2) is 0 Å². The summed E-state index contributed by atoms with van der Waals surface area (Å²) in [6.07, 6.45) is 0.383. The van der Waals surface area contributed by atoms with Crippen molar-refractivity contribution in [2.24, 2.45) is 0 Å². The quantitative estimate of drug-likeness (QED) is 0.312. The molecule has 0 radical (unpaired) electrons. The topological polar surface area (TPSA) is 78.9 Å². The second kappa shape index (κ2) is 6.72. The summed E-state index contributed by atoms with van der Waals surface area (Å²) in [5.74, 6) is -1.58. The number of ether oxygens (including phenoxy) is 3. The Balaban J connectivity index is 2.28. The highest BCUT2D eigenvalue weighted by molar-refractivity contribution is 5.82. The standard InChI is InChI=1S/C13H16O6/c1-4-11(14)17-8(2)5-6-12(15)19-10-7-9(3)18-13(10)16/h4,9-10H,1-2,5-7H2,3H3. The third-order valence-electron chi connectivity index (χ3n) is 2.42. The maximum Gasteiger partial charge on any atom is 0.347 e. The van der Waals surface area contributed by atoms with E-state index in [2.05, 4.69) is 13.2 Å². The van der Waals surface area contributed by atoms with E-state index in [0.29, 0.717) is 6.42 Å². The minimum Gasteiger partial charge on any atom is -0.460 e. The summed E-state index contributed by atoms with van der Waals surface area (Å²) in [4.78, 5) is 33.6. The minimum atomic E-state index is -0.841. The van der Waals surface area contributed by atoms with Crippen molar-refractivity contribution in [3.63, 3.8) is 0 Å². The van der Waals surface area contributed by atoms with Crippen LogP contribution in [0.1, 0.15) is 26.2 Å². The van der Waals surface area contributed by atoms with Crippen LogP contribution in [0.15, 0.2) is 25.0 Å². The molecule has 6 nitrogen and oxygen atoms in total. The van der Waals surface area contributed by atoms with Crippen LogP contribution in [0.25, 0.3) is 0 Å². The van der Waals surface area contributed by atoms with Gasteiger partial charge in [0.1, 0.15) is 11.9 Å². The van der Waals surface area contributed by atoms with Gasteiger partial charge in [-0.3, -0.25) is 4.79 Å². The molecule has 6 heteroatoms. The average molecular weight is 268 g/mol. The molecule has 0 spiro atoms. The van der Waals surface area contributed by atoms with Crippen molar-refractivity contribution in [2.75, 3.05) is 0 Å². The molecule has 0 saturated carbocycles. The number of hydrogen-bond acceptors (Lipinski definition) is 6. The summed E-state index contributed by atoms with van der Waals surface area (Å²) in [7, 11) is 0. The summed E-state index contributed by atoms with van der Waals surface area (Å²) in [5, 5.41) is 0. The van der Waals surface area contributed by atoms with Crippen molar-refractivity contribution in [1.82, 2.24) is 0 Å². The number of carbonyl (C=O) groups excluding carboxylic acids is 3. The van der Waals surface area contributed by atoms with Crippen LogP contribution in [0, 0.1) is 0 Å². The van der Waals surface area contributed by atoms with E-state index in [1.807, 2.05) is 0 Å². The zero-order chi connectivity index (χ0) is 14.4. The van der Waals surface area contributed by atoms with Crippen LogP contribution in [-0.2, 0) is 28.6 Å². The van der Waals surface area contributed by atoms with Gasteiger partial charge in [-0.2, -0.15) is 0 Å². The highest BCUT2D eigenvalue weighted by atomic mass is 16.6. The van der Waals surface area contributed by atoms with Crippen LogP contribution < -0.4 is 0 Å². The van der Waals surface area contributed by atoms with Gasteiger partial charge in [0.05, 0.1) is 6.42 Å². The van der Waals surface area contributed by atoms with Gasteiger partial charge < -0.3 is 14.2 Å². The summed E-state index contributed by atoms with van der Waals surface area (Å²) < 4.78 is 14.5. The molecule has 0 aromatic rings. The average Bonchev–Trinajstić information content (AvgIpc) is 2.65. The van der Waals surface area contributed by atoms with E-state index < -0.39 is 24.0 Å². The number of allylic oxidation sites excluding steroid dienone is 1. The zero-order valence-electron chi connectivity index (χ0n) is 10.7. The van der Waals surface area contributed by atoms with Crippen molar-refractivity contribution in [3.8, 4) is 0 Å². The van der Waals surface area contributed by atoms with Gasteiger partial charge in [0.2, 0.25) is 6.10 Å². The Hall–Kier alpha value is -2.11. The van der Waals surface area contributed by atoms with Crippen LogP contribution in [-0.4, -0.2) is 30.1 Å². The molecular formula is C13H16O6. The third-order valence-corrected chi connectivity index (χ3v) is 2.42. The first kappa shape index (κ1) is 14.9. The highest BCUT2D eigenvalue weighted by Gasteiger charge is 2.34. The molecular weight excluding hydrogens is 252 g/mol. The molecule has 1 heterocycles. The van der Waals surface area contributed by atoms with Gasteiger partial charge in [-0.25, -0.2) is 9.59 Å². The fourth-order valence-electron chi connectivity index (χ4n) is 1.51. The maximum absolute atomic E-state index is 11.5. The number of esters is 3. The van der Waals surface area contributed by atoms with E-state index >= 15 is 0 Å². The second-order valence-corrected chi connectivity index (χ2v) is 4.13. The Labute approximate surface area is 111 Å². The molecule has 104 valence electrons. The summed E-state index contributed by atoms with van der Waals surface area (Å²) in [6, 6.07) is 0. The summed E-state index contributed by atoms with van der Waals surface area (Å²) in [6.45, 7) is 8.44. The third kappa shape index (κ3) is 4.95. The Morgan fingerprint density at radius 3 is 2.68 bits per heavy atom. The number of carbonyl (C=O) groups is 3. The minimum absolute atomic E-state index is 0.0264. The Morgan fingerprint density at radius 2 is 2.16 bits per heavy atom. The van der Waals surface area contributed by atoms with Crippen molar-refractivity contribution in [1.29, 1.82) is 0 Å². The molecule has 0 aromatic carbocycles. The molecule has 19 heavy (non-hydrogen) atoms. The first-order valence-electron chi connectivity index (χ1n) is 5.84. The zero-order valence-corrected chi connectivity index (χ0v) is 10.7. The molecule has 1 rings (SSSR count). The van der Waals surface area contributed by atoms with Gasteiger partial charge in [-0.15, -0.1) is 0 Å². The molecule has 0 bridgehead atoms. The molecule has 1 fully saturated rings. The molecule has 1 aliphatic rings. The fraction of sp³-hybridized carbons (Fsp3) is 0.462. The lowest BCUT2D eigenvalue weighted by Gasteiger charge is -2.09. The Kier molecular flexibility index (Phi) is 5.29. The SMILES string of the molecule is C=CC(=O)OC(=C)CCC(=O)OC1CC(C)OC1=O. The van der Waals surface area contributed by atoms with Crippen LogP contribution in [0.5, 0.6) is 0 Å². The van der Waals surface area contributed by atoms with Gasteiger partial charge >= 0.3 is 17.9 Å². The molecule has 0 aliphatic carbocycles. The van der Waals surface area contributed by atoms with Crippen LogP contribution in [0.3, 0.4) is 0 Å². The van der Waals surface area contributed by atoms with Gasteiger partial charge in [0.25, 0.3) is 0 Å². The molecule has 0 N–H and O–H groups in total. The summed E-state index contributed by atoms with van der Waals surface area (Å²) in [5.41, 5.74) is 0. The van der Waals surface area contributed by atoms with Crippen molar-refractivity contribution in [3.05, 3.63) is 25.0 Å². The molecule has 2 atom stereocenters. The van der Waals surface area contributed by atoms with Crippen molar-refractivity contribution in [2.45, 2.75) is 38.4 Å². The molecule has 1 saturated heterocycles. The van der Waals surface area contributed by atoms with Gasteiger partial charge in [-0.05, 0) is 6.92 Å². The molecule has 2 unspecified atom stereocenters. The first-order valence-corrected chi connectivity index (χ1v) is 5.84. The van der Waals surface area contributed by atoms with E-state index in [-0.39, 0.29) is 24.7 Å². The lowest BCUT2D eigenvalue weighted by atomic mass is 10.2. The fourth-order valence-corrected chi connectivity index (χ4v) is 1.51. The molecule has 0 aromatic heterocycles. The van der Waals surface area contributed by atoms with Crippen molar-refractivity contribution >= 4 is 17.9 Å². The predicted molar refractivity (Wildman–Crippen MR) is 64.7 cm³/mol. The van der Waals surface area contributed by atoms with Crippen LogP contribution in [0.2, 0.25) is 0 Å². The van der Waals surface area contributed by atoms with Crippen molar-refractivity contribution < 1.29 is 28.6 Å². The summed E-state index contributed by atoms with van der Waals surface area (Å²) >= 11 is 0. The van der Waals surface area contributed by atoms with E-state index in [9.17, 15) is 14.4 Å². The van der Waals surface area contributed by atoms with E-state index in [0.717, 1.165) is 6.08 Å². The monoisotopic (exact) mass is 268 g/mol. The normalized spacial score (nSPS) is 21.4. The largest absolute Gasteiger partial charge is 0.460 e. The van der Waals surface area contributed by atoms with Gasteiger partial charge in [0, 0.05) is 18.9 Å².